The van der Waals surface area contributed by atoms with Crippen LogP contribution in [0, 0.1) is 5.82 Å². The van der Waals surface area contributed by atoms with E-state index in [1.165, 1.54) is 11.5 Å². The Labute approximate surface area is 124 Å². The predicted octanol–water partition coefficient (Wildman–Crippen LogP) is 4.76. The molecule has 3 aromatic carbocycles. The highest BCUT2D eigenvalue weighted by Gasteiger charge is 2.09. The summed E-state index contributed by atoms with van der Waals surface area (Å²) in [6, 6.07) is 19.4. The van der Waals surface area contributed by atoms with Gasteiger partial charge in [-0.25, -0.2) is 4.39 Å². The van der Waals surface area contributed by atoms with Crippen molar-refractivity contribution in [2.45, 2.75) is 13.5 Å². The summed E-state index contributed by atoms with van der Waals surface area (Å²) < 4.78 is 13.7. The second-order valence-corrected chi connectivity index (χ2v) is 5.11. The fourth-order valence-corrected chi connectivity index (χ4v) is 2.67. The summed E-state index contributed by atoms with van der Waals surface area (Å²) >= 11 is 0. The van der Waals surface area contributed by atoms with Crippen LogP contribution in [0.1, 0.15) is 12.5 Å². The third-order valence-corrected chi connectivity index (χ3v) is 3.72. The minimum absolute atomic E-state index is 0.196. The molecule has 0 radical (unpaired) electrons. The normalized spacial score (nSPS) is 11.0. The van der Waals surface area contributed by atoms with Crippen molar-refractivity contribution in [3.63, 3.8) is 0 Å². The van der Waals surface area contributed by atoms with Gasteiger partial charge in [0, 0.05) is 6.54 Å². The number of rotatable bonds is 4. The predicted molar refractivity (Wildman–Crippen MR) is 86.7 cm³/mol. The molecule has 0 fully saturated rings. The van der Waals surface area contributed by atoms with E-state index < -0.39 is 0 Å². The van der Waals surface area contributed by atoms with Crippen LogP contribution in [0.3, 0.4) is 0 Å². The van der Waals surface area contributed by atoms with E-state index in [1.807, 2.05) is 24.3 Å². The fraction of sp³-hybridized carbons (Fsp3) is 0.158. The van der Waals surface area contributed by atoms with Gasteiger partial charge < -0.3 is 5.32 Å². The quantitative estimate of drug-likeness (QED) is 0.726. The maximum Gasteiger partial charge on any atom is 0.123 e. The highest BCUT2D eigenvalue weighted by Crippen LogP contribution is 2.31. The molecule has 106 valence electrons. The molecule has 2 heteroatoms. The smallest absolute Gasteiger partial charge is 0.123 e. The van der Waals surface area contributed by atoms with E-state index >= 15 is 0 Å². The van der Waals surface area contributed by atoms with Crippen LogP contribution in [0.5, 0.6) is 0 Å². The average molecular weight is 279 g/mol. The van der Waals surface area contributed by atoms with Crippen molar-refractivity contribution < 1.29 is 4.39 Å². The first-order chi connectivity index (χ1) is 10.3. The third kappa shape index (κ3) is 2.81. The molecule has 1 N–H and O–H groups in total. The Morgan fingerprint density at radius 1 is 0.905 bits per heavy atom. The zero-order chi connectivity index (χ0) is 14.7. The van der Waals surface area contributed by atoms with E-state index in [4.69, 9.17) is 0 Å². The van der Waals surface area contributed by atoms with Crippen LogP contribution >= 0.6 is 0 Å². The van der Waals surface area contributed by atoms with Gasteiger partial charge in [-0.3, -0.25) is 0 Å². The van der Waals surface area contributed by atoms with E-state index in [0.29, 0.717) is 0 Å². The maximum absolute atomic E-state index is 13.7. The molecule has 1 nitrogen and oxygen atoms in total. The van der Waals surface area contributed by atoms with Gasteiger partial charge in [0.1, 0.15) is 5.82 Å². The molecule has 0 aromatic heterocycles. The topological polar surface area (TPSA) is 12.0 Å². The second-order valence-electron chi connectivity index (χ2n) is 5.11. The molecule has 0 saturated carbocycles. The van der Waals surface area contributed by atoms with Crippen molar-refractivity contribution >= 4 is 10.8 Å². The molecule has 0 spiro atoms. The largest absolute Gasteiger partial charge is 0.313 e. The Bertz CT molecular complexity index is 759. The van der Waals surface area contributed by atoms with Crippen LogP contribution in [-0.2, 0) is 6.54 Å². The third-order valence-electron chi connectivity index (χ3n) is 3.72. The molecule has 0 aliphatic heterocycles. The zero-order valence-electron chi connectivity index (χ0n) is 12.1. The number of benzene rings is 3. The summed E-state index contributed by atoms with van der Waals surface area (Å²) in [6.07, 6.45) is 0. The molecule has 0 aliphatic rings. The molecule has 0 amide bonds. The first kappa shape index (κ1) is 13.8. The Morgan fingerprint density at radius 2 is 1.71 bits per heavy atom. The molecule has 0 bridgehead atoms. The minimum Gasteiger partial charge on any atom is -0.313 e. The lowest BCUT2D eigenvalue weighted by Crippen LogP contribution is -2.12. The van der Waals surface area contributed by atoms with E-state index in [2.05, 4.69) is 36.5 Å². The summed E-state index contributed by atoms with van der Waals surface area (Å²) in [5.74, 6) is -0.196. The van der Waals surface area contributed by atoms with Gasteiger partial charge in [-0.15, -0.1) is 0 Å². The summed E-state index contributed by atoms with van der Waals surface area (Å²) in [4.78, 5) is 0. The van der Waals surface area contributed by atoms with Crippen LogP contribution in [0.4, 0.5) is 4.39 Å². The monoisotopic (exact) mass is 279 g/mol. The first-order valence-electron chi connectivity index (χ1n) is 7.27. The molecule has 0 saturated heterocycles. The number of fused-ring (bicyclic) bond motifs is 1. The van der Waals surface area contributed by atoms with Gasteiger partial charge in [0.15, 0.2) is 0 Å². The van der Waals surface area contributed by atoms with Gasteiger partial charge in [-0.05, 0) is 46.1 Å². The molecule has 0 unspecified atom stereocenters. The number of hydrogen-bond acceptors (Lipinski definition) is 1. The van der Waals surface area contributed by atoms with Crippen LogP contribution in [0.25, 0.3) is 21.9 Å². The molecular formula is C19H18FN. The van der Waals surface area contributed by atoms with Gasteiger partial charge in [0.05, 0.1) is 0 Å². The van der Waals surface area contributed by atoms with Gasteiger partial charge in [-0.2, -0.15) is 0 Å². The molecule has 0 atom stereocenters. The molecule has 21 heavy (non-hydrogen) atoms. The van der Waals surface area contributed by atoms with Crippen LogP contribution in [0.2, 0.25) is 0 Å². The van der Waals surface area contributed by atoms with Crippen molar-refractivity contribution in [3.05, 3.63) is 72.0 Å². The van der Waals surface area contributed by atoms with Crippen molar-refractivity contribution in [3.8, 4) is 11.1 Å². The van der Waals surface area contributed by atoms with Crippen molar-refractivity contribution in [1.82, 2.24) is 5.32 Å². The van der Waals surface area contributed by atoms with E-state index in [1.54, 1.807) is 6.07 Å². The lowest BCUT2D eigenvalue weighted by Gasteiger charge is -2.13. The standard InChI is InChI=1S/C19H18FN/c1-2-21-13-15-10-11-16(20)12-19(15)18-9-5-7-14-6-3-4-8-17(14)18/h3-12,21H,2,13H2,1H3. The number of nitrogens with one attached hydrogen (secondary N) is 1. The minimum atomic E-state index is -0.196. The van der Waals surface area contributed by atoms with Crippen LogP contribution in [-0.4, -0.2) is 6.54 Å². The van der Waals surface area contributed by atoms with E-state index in [0.717, 1.165) is 35.2 Å². The average Bonchev–Trinajstić information content (AvgIpc) is 2.53. The zero-order valence-corrected chi connectivity index (χ0v) is 12.1. The van der Waals surface area contributed by atoms with Crippen molar-refractivity contribution in [1.29, 1.82) is 0 Å². The molecular weight excluding hydrogens is 261 g/mol. The number of halogens is 1. The summed E-state index contributed by atoms with van der Waals surface area (Å²) in [5.41, 5.74) is 3.17. The highest BCUT2D eigenvalue weighted by molar-refractivity contribution is 5.97. The first-order valence-corrected chi connectivity index (χ1v) is 7.27. The maximum atomic E-state index is 13.7. The van der Waals surface area contributed by atoms with E-state index in [-0.39, 0.29) is 5.82 Å². The Balaban J connectivity index is 2.19. The molecule has 3 rings (SSSR count). The Hall–Kier alpha value is -2.19. The van der Waals surface area contributed by atoms with Gasteiger partial charge in [0.25, 0.3) is 0 Å². The second kappa shape index (κ2) is 6.06. The lowest BCUT2D eigenvalue weighted by atomic mass is 9.94. The van der Waals surface area contributed by atoms with Crippen molar-refractivity contribution in [2.24, 2.45) is 0 Å². The van der Waals surface area contributed by atoms with E-state index in [9.17, 15) is 4.39 Å². The lowest BCUT2D eigenvalue weighted by molar-refractivity contribution is 0.626. The van der Waals surface area contributed by atoms with Gasteiger partial charge >= 0.3 is 0 Å². The fourth-order valence-electron chi connectivity index (χ4n) is 2.67. The van der Waals surface area contributed by atoms with Crippen LogP contribution in [0.15, 0.2) is 60.7 Å². The number of hydrogen-bond donors (Lipinski definition) is 1. The van der Waals surface area contributed by atoms with Gasteiger partial charge in [0.2, 0.25) is 0 Å². The van der Waals surface area contributed by atoms with Crippen molar-refractivity contribution in [2.75, 3.05) is 6.54 Å². The molecule has 3 aromatic rings. The summed E-state index contributed by atoms with van der Waals surface area (Å²) in [5, 5.41) is 5.65. The Morgan fingerprint density at radius 3 is 2.57 bits per heavy atom. The summed E-state index contributed by atoms with van der Waals surface area (Å²) in [6.45, 7) is 3.71. The summed E-state index contributed by atoms with van der Waals surface area (Å²) in [7, 11) is 0. The Kier molecular flexibility index (Phi) is 3.98. The van der Waals surface area contributed by atoms with Crippen LogP contribution < -0.4 is 5.32 Å². The molecule has 0 aliphatic carbocycles. The highest BCUT2D eigenvalue weighted by atomic mass is 19.1. The van der Waals surface area contributed by atoms with Gasteiger partial charge in [-0.1, -0.05) is 55.5 Å². The molecule has 0 heterocycles. The SMILES string of the molecule is CCNCc1ccc(F)cc1-c1cccc2ccccc12.